The number of nitrogens with zero attached hydrogens (tertiary/aromatic N) is 2. The highest BCUT2D eigenvalue weighted by Crippen LogP contribution is 2.18. The number of likely N-dealkylation sites (N-methyl/N-ethyl adjacent to an activating group) is 1. The lowest BCUT2D eigenvalue weighted by Gasteiger charge is -2.24. The van der Waals surface area contributed by atoms with E-state index < -0.39 is 0 Å². The van der Waals surface area contributed by atoms with E-state index in [1.165, 1.54) is 4.90 Å². The standard InChI is InChI=1S/C11H17ClN4O2/c1-7(6-18-3)16(2)11(17)10-8(12)4-5-9(14-10)15-13/h4-5,7H,6,13H2,1-3H3,(H,14,15). The molecule has 1 atom stereocenters. The first-order valence-electron chi connectivity index (χ1n) is 5.40. The number of aromatic nitrogens is 1. The maximum Gasteiger partial charge on any atom is 0.274 e. The van der Waals surface area contributed by atoms with E-state index in [0.29, 0.717) is 12.4 Å². The third kappa shape index (κ3) is 3.32. The van der Waals surface area contributed by atoms with Crippen LogP contribution in [0.5, 0.6) is 0 Å². The zero-order valence-electron chi connectivity index (χ0n) is 10.6. The van der Waals surface area contributed by atoms with Gasteiger partial charge >= 0.3 is 0 Å². The Hall–Kier alpha value is -1.37. The summed E-state index contributed by atoms with van der Waals surface area (Å²) >= 11 is 5.96. The number of rotatable bonds is 5. The average Bonchev–Trinajstić information content (AvgIpc) is 2.38. The average molecular weight is 273 g/mol. The second-order valence-corrected chi connectivity index (χ2v) is 4.30. The monoisotopic (exact) mass is 272 g/mol. The Morgan fingerprint density at radius 3 is 2.89 bits per heavy atom. The number of pyridine rings is 1. The molecule has 0 saturated heterocycles. The van der Waals surface area contributed by atoms with Crippen molar-refractivity contribution in [3.63, 3.8) is 0 Å². The van der Waals surface area contributed by atoms with Crippen molar-refractivity contribution in [1.29, 1.82) is 0 Å². The topological polar surface area (TPSA) is 80.5 Å². The van der Waals surface area contributed by atoms with Crippen molar-refractivity contribution in [2.45, 2.75) is 13.0 Å². The Morgan fingerprint density at radius 1 is 1.67 bits per heavy atom. The van der Waals surface area contributed by atoms with E-state index in [9.17, 15) is 4.79 Å². The Balaban J connectivity index is 2.95. The maximum atomic E-state index is 12.2. The Kier molecular flexibility index (Phi) is 5.33. The summed E-state index contributed by atoms with van der Waals surface area (Å²) in [6.45, 7) is 2.31. The minimum atomic E-state index is -0.276. The van der Waals surface area contributed by atoms with Crippen LogP contribution < -0.4 is 11.3 Å². The minimum absolute atomic E-state index is 0.0742. The molecule has 1 aromatic heterocycles. The van der Waals surface area contributed by atoms with Crippen LogP contribution in [0.3, 0.4) is 0 Å². The number of hydrogen-bond donors (Lipinski definition) is 2. The van der Waals surface area contributed by atoms with Crippen molar-refractivity contribution in [3.8, 4) is 0 Å². The van der Waals surface area contributed by atoms with Gasteiger partial charge in [0.05, 0.1) is 17.7 Å². The molecule has 0 bridgehead atoms. The van der Waals surface area contributed by atoms with E-state index in [0.717, 1.165) is 0 Å². The van der Waals surface area contributed by atoms with Crippen LogP contribution in [0.4, 0.5) is 5.82 Å². The third-order valence-electron chi connectivity index (χ3n) is 2.59. The van der Waals surface area contributed by atoms with Crippen molar-refractivity contribution >= 4 is 23.3 Å². The summed E-state index contributed by atoms with van der Waals surface area (Å²) in [6.07, 6.45) is 0. The van der Waals surface area contributed by atoms with Crippen LogP contribution >= 0.6 is 11.6 Å². The van der Waals surface area contributed by atoms with Gasteiger partial charge in [0.1, 0.15) is 11.5 Å². The molecule has 0 saturated carbocycles. The van der Waals surface area contributed by atoms with Crippen LogP contribution in [-0.4, -0.2) is 42.6 Å². The number of methoxy groups -OCH3 is 1. The fourth-order valence-corrected chi connectivity index (χ4v) is 1.58. The summed E-state index contributed by atoms with van der Waals surface area (Å²) in [6, 6.07) is 3.10. The zero-order valence-corrected chi connectivity index (χ0v) is 11.4. The molecule has 0 aliphatic carbocycles. The minimum Gasteiger partial charge on any atom is -0.383 e. The molecule has 1 unspecified atom stereocenters. The van der Waals surface area contributed by atoms with Gasteiger partial charge in [-0.15, -0.1) is 0 Å². The Labute approximate surface area is 111 Å². The van der Waals surface area contributed by atoms with Gasteiger partial charge in [0.2, 0.25) is 0 Å². The van der Waals surface area contributed by atoms with Crippen molar-refractivity contribution < 1.29 is 9.53 Å². The lowest BCUT2D eigenvalue weighted by atomic mass is 10.2. The van der Waals surface area contributed by atoms with Gasteiger partial charge in [-0.1, -0.05) is 11.6 Å². The van der Waals surface area contributed by atoms with Gasteiger partial charge in [-0.2, -0.15) is 0 Å². The van der Waals surface area contributed by atoms with E-state index in [4.69, 9.17) is 22.2 Å². The first-order valence-corrected chi connectivity index (χ1v) is 5.78. The Morgan fingerprint density at radius 2 is 2.33 bits per heavy atom. The summed E-state index contributed by atoms with van der Waals surface area (Å²) in [5, 5.41) is 0.287. The molecular weight excluding hydrogens is 256 g/mol. The number of ether oxygens (including phenoxy) is 1. The van der Waals surface area contributed by atoms with Gasteiger partial charge in [0, 0.05) is 14.2 Å². The van der Waals surface area contributed by atoms with Gasteiger partial charge < -0.3 is 15.1 Å². The molecule has 1 rings (SSSR count). The molecule has 0 spiro atoms. The number of anilines is 1. The molecule has 1 heterocycles. The number of nitrogens with two attached hydrogens (primary N) is 1. The molecule has 7 heteroatoms. The summed E-state index contributed by atoms with van der Waals surface area (Å²) < 4.78 is 5.01. The molecule has 0 aliphatic rings. The second kappa shape index (κ2) is 6.53. The fraction of sp³-hybridized carbons (Fsp3) is 0.455. The number of hydrogen-bond acceptors (Lipinski definition) is 5. The quantitative estimate of drug-likeness (QED) is 0.620. The highest BCUT2D eigenvalue weighted by atomic mass is 35.5. The van der Waals surface area contributed by atoms with E-state index >= 15 is 0 Å². The summed E-state index contributed by atoms with van der Waals surface area (Å²) in [7, 11) is 3.26. The van der Waals surface area contributed by atoms with Crippen LogP contribution in [0.25, 0.3) is 0 Å². The molecule has 3 N–H and O–H groups in total. The van der Waals surface area contributed by atoms with Crippen molar-refractivity contribution in [1.82, 2.24) is 9.88 Å². The molecule has 0 aromatic carbocycles. The SMILES string of the molecule is COCC(C)N(C)C(=O)c1nc(NN)ccc1Cl. The van der Waals surface area contributed by atoms with Crippen LogP contribution in [0, 0.1) is 0 Å². The van der Waals surface area contributed by atoms with Gasteiger partial charge in [-0.25, -0.2) is 10.8 Å². The number of carbonyl (C=O) groups excluding carboxylic acids is 1. The molecular formula is C11H17ClN4O2. The molecule has 1 aromatic rings. The van der Waals surface area contributed by atoms with Gasteiger partial charge in [0.15, 0.2) is 0 Å². The zero-order chi connectivity index (χ0) is 13.7. The largest absolute Gasteiger partial charge is 0.383 e. The van der Waals surface area contributed by atoms with E-state index in [-0.39, 0.29) is 22.7 Å². The van der Waals surface area contributed by atoms with Crippen LogP contribution in [0.1, 0.15) is 17.4 Å². The molecule has 0 fully saturated rings. The number of nitrogens with one attached hydrogen (secondary N) is 1. The molecule has 0 aliphatic heterocycles. The first-order chi connectivity index (χ1) is 8.51. The van der Waals surface area contributed by atoms with E-state index in [2.05, 4.69) is 10.4 Å². The predicted molar refractivity (Wildman–Crippen MR) is 70.5 cm³/mol. The number of nitrogen functional groups attached to an aromatic ring is 1. The van der Waals surface area contributed by atoms with Crippen LogP contribution in [-0.2, 0) is 4.74 Å². The van der Waals surface area contributed by atoms with Crippen LogP contribution in [0.2, 0.25) is 5.02 Å². The molecule has 18 heavy (non-hydrogen) atoms. The van der Waals surface area contributed by atoms with Crippen molar-refractivity contribution in [2.75, 3.05) is 26.2 Å². The highest BCUT2D eigenvalue weighted by Gasteiger charge is 2.21. The normalized spacial score (nSPS) is 12.1. The first kappa shape index (κ1) is 14.7. The Bertz CT molecular complexity index is 428. The molecule has 100 valence electrons. The molecule has 6 nitrogen and oxygen atoms in total. The fourth-order valence-electron chi connectivity index (χ4n) is 1.39. The van der Waals surface area contributed by atoms with Gasteiger partial charge in [-0.05, 0) is 19.1 Å². The van der Waals surface area contributed by atoms with Gasteiger partial charge in [-0.3, -0.25) is 4.79 Å². The predicted octanol–water partition coefficient (Wildman–Crippen LogP) is 1.13. The van der Waals surface area contributed by atoms with Crippen LogP contribution in [0.15, 0.2) is 12.1 Å². The lowest BCUT2D eigenvalue weighted by molar-refractivity contribution is 0.0628. The maximum absolute atomic E-state index is 12.2. The summed E-state index contributed by atoms with van der Waals surface area (Å²) in [5.41, 5.74) is 2.54. The second-order valence-electron chi connectivity index (χ2n) is 3.89. The van der Waals surface area contributed by atoms with Crippen molar-refractivity contribution in [3.05, 3.63) is 22.8 Å². The molecule has 0 radical (unpaired) electrons. The number of halogens is 1. The smallest absolute Gasteiger partial charge is 0.274 e. The van der Waals surface area contributed by atoms with Gasteiger partial charge in [0.25, 0.3) is 5.91 Å². The lowest BCUT2D eigenvalue weighted by Crippen LogP contribution is -2.38. The number of amides is 1. The molecule has 1 amide bonds. The summed E-state index contributed by atoms with van der Waals surface area (Å²) in [4.78, 5) is 17.8. The highest BCUT2D eigenvalue weighted by molar-refractivity contribution is 6.33. The number of carbonyl (C=O) groups is 1. The van der Waals surface area contributed by atoms with E-state index in [1.807, 2.05) is 6.92 Å². The third-order valence-corrected chi connectivity index (χ3v) is 2.89. The number of hydrazine groups is 1. The summed E-state index contributed by atoms with van der Waals surface area (Å²) in [5.74, 6) is 5.36. The van der Waals surface area contributed by atoms with E-state index in [1.54, 1.807) is 26.3 Å². The van der Waals surface area contributed by atoms with Crippen molar-refractivity contribution in [2.24, 2.45) is 5.84 Å².